The van der Waals surface area contributed by atoms with Crippen molar-refractivity contribution < 1.29 is 4.79 Å². The number of hydrogen-bond acceptors (Lipinski definition) is 6. The molecule has 1 atom stereocenters. The lowest BCUT2D eigenvalue weighted by molar-refractivity contribution is 0.0781. The van der Waals surface area contributed by atoms with Gasteiger partial charge in [-0.2, -0.15) is 0 Å². The zero-order chi connectivity index (χ0) is 19.7. The number of para-hydroxylation sites is 1. The molecule has 0 bridgehead atoms. The highest BCUT2D eigenvalue weighted by atomic mass is 16.2. The minimum absolute atomic E-state index is 0.0674. The lowest BCUT2D eigenvalue weighted by atomic mass is 10.1. The van der Waals surface area contributed by atoms with Crippen LogP contribution in [0, 0.1) is 6.92 Å². The quantitative estimate of drug-likeness (QED) is 0.751. The highest BCUT2D eigenvalue weighted by molar-refractivity contribution is 6.06. The second-order valence-electron chi connectivity index (χ2n) is 7.33. The minimum Gasteiger partial charge on any atom is -0.384 e. The number of anilines is 1. The average molecular weight is 376 g/mol. The highest BCUT2D eigenvalue weighted by Crippen LogP contribution is 2.23. The first-order valence-electron chi connectivity index (χ1n) is 9.44. The van der Waals surface area contributed by atoms with E-state index in [0.717, 1.165) is 35.1 Å². The molecule has 1 fully saturated rings. The van der Waals surface area contributed by atoms with Gasteiger partial charge in [0.15, 0.2) is 0 Å². The summed E-state index contributed by atoms with van der Waals surface area (Å²) in [6.07, 6.45) is 2.60. The van der Waals surface area contributed by atoms with Crippen LogP contribution in [0.25, 0.3) is 10.9 Å². The Labute approximate surface area is 164 Å². The summed E-state index contributed by atoms with van der Waals surface area (Å²) >= 11 is 0. The summed E-state index contributed by atoms with van der Waals surface area (Å²) < 4.78 is 0. The van der Waals surface area contributed by atoms with E-state index >= 15 is 0 Å². The van der Waals surface area contributed by atoms with Gasteiger partial charge >= 0.3 is 0 Å². The van der Waals surface area contributed by atoms with Gasteiger partial charge in [0.2, 0.25) is 0 Å². The second kappa shape index (κ2) is 7.52. The Morgan fingerprint density at radius 2 is 2.11 bits per heavy atom. The van der Waals surface area contributed by atoms with Crippen molar-refractivity contribution in [2.45, 2.75) is 25.9 Å². The van der Waals surface area contributed by atoms with E-state index < -0.39 is 0 Å². The van der Waals surface area contributed by atoms with Gasteiger partial charge in [-0.3, -0.25) is 14.7 Å². The molecule has 0 spiro atoms. The van der Waals surface area contributed by atoms with Crippen LogP contribution in [0.3, 0.4) is 0 Å². The molecular formula is C21H24N6O. The van der Waals surface area contributed by atoms with Crippen molar-refractivity contribution >= 4 is 22.6 Å². The molecule has 0 unspecified atom stereocenters. The monoisotopic (exact) mass is 376 g/mol. The van der Waals surface area contributed by atoms with Gasteiger partial charge in [0.1, 0.15) is 11.6 Å². The van der Waals surface area contributed by atoms with Gasteiger partial charge in [-0.15, -0.1) is 0 Å². The normalized spacial score (nSPS) is 16.8. The third-order valence-electron chi connectivity index (χ3n) is 5.27. The Bertz CT molecular complexity index is 1020. The Kier molecular flexibility index (Phi) is 4.92. The molecule has 0 saturated carbocycles. The molecule has 2 aromatic heterocycles. The van der Waals surface area contributed by atoms with Crippen LogP contribution in [0.2, 0.25) is 0 Å². The molecule has 7 nitrogen and oxygen atoms in total. The summed E-state index contributed by atoms with van der Waals surface area (Å²) in [6.45, 7) is 3.96. The molecule has 28 heavy (non-hydrogen) atoms. The fourth-order valence-corrected chi connectivity index (χ4v) is 3.78. The maximum absolute atomic E-state index is 13.2. The topological polar surface area (TPSA) is 88.2 Å². The highest BCUT2D eigenvalue weighted by Gasteiger charge is 2.30. The molecule has 4 rings (SSSR count). The molecule has 3 aromatic rings. The van der Waals surface area contributed by atoms with Crippen LogP contribution in [-0.2, 0) is 6.54 Å². The van der Waals surface area contributed by atoms with Crippen LogP contribution in [0.4, 0.5) is 5.82 Å². The van der Waals surface area contributed by atoms with Gasteiger partial charge in [-0.05, 0) is 38.6 Å². The number of nitrogens with two attached hydrogens (primary N) is 1. The number of nitrogens with zero attached hydrogens (tertiary/aromatic N) is 5. The largest absolute Gasteiger partial charge is 0.384 e. The lowest BCUT2D eigenvalue weighted by Crippen LogP contribution is -2.36. The summed E-state index contributed by atoms with van der Waals surface area (Å²) in [5, 5.41) is 0.906. The molecule has 1 aliphatic rings. The molecule has 1 aromatic carbocycles. The molecule has 7 heteroatoms. The van der Waals surface area contributed by atoms with E-state index in [9.17, 15) is 4.79 Å². The number of amides is 1. The molecule has 1 saturated heterocycles. The molecule has 0 radical (unpaired) electrons. The number of carbonyl (C=O) groups is 1. The summed E-state index contributed by atoms with van der Waals surface area (Å²) in [5.41, 5.74) is 8.19. The number of pyridine rings is 1. The Balaban J connectivity index is 1.49. The van der Waals surface area contributed by atoms with E-state index in [2.05, 4.69) is 19.9 Å². The van der Waals surface area contributed by atoms with Crippen LogP contribution in [0.1, 0.15) is 28.3 Å². The number of carbonyl (C=O) groups excluding carboxylic acids is 1. The number of fused-ring (bicyclic) bond motifs is 1. The van der Waals surface area contributed by atoms with Crippen molar-refractivity contribution in [1.29, 1.82) is 0 Å². The van der Waals surface area contributed by atoms with E-state index in [1.807, 2.05) is 49.2 Å². The SMILES string of the molecule is Cc1cc(C(=O)N2CC[C@H](N(C)Cc3nccc(N)n3)C2)c2ccccc2n1. The molecule has 1 amide bonds. The van der Waals surface area contributed by atoms with Crippen molar-refractivity contribution in [3.05, 3.63) is 59.7 Å². The zero-order valence-electron chi connectivity index (χ0n) is 16.2. The maximum atomic E-state index is 13.2. The third-order valence-corrected chi connectivity index (χ3v) is 5.27. The van der Waals surface area contributed by atoms with Gasteiger partial charge in [0.05, 0.1) is 17.6 Å². The van der Waals surface area contributed by atoms with Crippen LogP contribution in [0.15, 0.2) is 42.6 Å². The van der Waals surface area contributed by atoms with E-state index in [1.165, 1.54) is 0 Å². The summed E-state index contributed by atoms with van der Waals surface area (Å²) in [4.78, 5) is 30.4. The number of benzene rings is 1. The van der Waals surface area contributed by atoms with Gasteiger partial charge in [-0.1, -0.05) is 18.2 Å². The molecule has 144 valence electrons. The first-order chi connectivity index (χ1) is 13.5. The Morgan fingerprint density at radius 3 is 2.93 bits per heavy atom. The maximum Gasteiger partial charge on any atom is 0.254 e. The van der Waals surface area contributed by atoms with Crippen molar-refractivity contribution in [3.8, 4) is 0 Å². The Hall–Kier alpha value is -3.06. The van der Waals surface area contributed by atoms with Crippen LogP contribution in [0.5, 0.6) is 0 Å². The molecular weight excluding hydrogens is 352 g/mol. The smallest absolute Gasteiger partial charge is 0.254 e. The van der Waals surface area contributed by atoms with Crippen LogP contribution < -0.4 is 5.73 Å². The van der Waals surface area contributed by atoms with E-state index in [1.54, 1.807) is 12.3 Å². The predicted molar refractivity (Wildman–Crippen MR) is 109 cm³/mol. The fraction of sp³-hybridized carbons (Fsp3) is 0.333. The second-order valence-corrected chi connectivity index (χ2v) is 7.33. The molecule has 1 aliphatic heterocycles. The number of rotatable bonds is 4. The molecule has 3 heterocycles. The number of likely N-dealkylation sites (tertiary alicyclic amines) is 1. The fourth-order valence-electron chi connectivity index (χ4n) is 3.78. The van der Waals surface area contributed by atoms with Crippen molar-refractivity contribution in [2.24, 2.45) is 0 Å². The Morgan fingerprint density at radius 1 is 1.29 bits per heavy atom. The van der Waals surface area contributed by atoms with Gasteiger partial charge in [0, 0.05) is 36.4 Å². The average Bonchev–Trinajstić information content (AvgIpc) is 3.17. The predicted octanol–water partition coefficient (Wildman–Crippen LogP) is 2.26. The van der Waals surface area contributed by atoms with Gasteiger partial charge in [-0.25, -0.2) is 9.97 Å². The van der Waals surface area contributed by atoms with Crippen molar-refractivity contribution in [3.63, 3.8) is 0 Å². The molecule has 2 N–H and O–H groups in total. The zero-order valence-corrected chi connectivity index (χ0v) is 16.2. The number of aromatic nitrogens is 3. The lowest BCUT2D eigenvalue weighted by Gasteiger charge is -2.24. The van der Waals surface area contributed by atoms with Gasteiger partial charge < -0.3 is 10.6 Å². The number of aryl methyl sites for hydroxylation is 1. The first kappa shape index (κ1) is 18.3. The number of hydrogen-bond donors (Lipinski definition) is 1. The molecule has 0 aliphatic carbocycles. The first-order valence-corrected chi connectivity index (χ1v) is 9.44. The standard InChI is InChI=1S/C21H24N6O/c1-14-11-17(16-5-3-4-6-18(16)24-14)21(28)27-10-8-15(12-27)26(2)13-20-23-9-7-19(22)25-20/h3-7,9,11,15H,8,10,12-13H2,1-2H3,(H2,22,23,25)/t15-/m0/s1. The summed E-state index contributed by atoms with van der Waals surface area (Å²) in [6, 6.07) is 11.6. The van der Waals surface area contributed by atoms with E-state index in [4.69, 9.17) is 5.73 Å². The van der Waals surface area contributed by atoms with Crippen LogP contribution in [-0.4, -0.2) is 56.8 Å². The van der Waals surface area contributed by atoms with Gasteiger partial charge in [0.25, 0.3) is 5.91 Å². The summed E-state index contributed by atoms with van der Waals surface area (Å²) in [7, 11) is 2.04. The van der Waals surface area contributed by atoms with Crippen molar-refractivity contribution in [2.75, 3.05) is 25.9 Å². The van der Waals surface area contributed by atoms with Crippen LogP contribution >= 0.6 is 0 Å². The van der Waals surface area contributed by atoms with E-state index in [0.29, 0.717) is 24.7 Å². The number of likely N-dealkylation sites (N-methyl/N-ethyl adjacent to an activating group) is 1. The minimum atomic E-state index is 0.0674. The number of nitrogen functional groups attached to an aromatic ring is 1. The third kappa shape index (κ3) is 3.66. The van der Waals surface area contributed by atoms with Crippen molar-refractivity contribution in [1.82, 2.24) is 24.8 Å². The van der Waals surface area contributed by atoms with E-state index in [-0.39, 0.29) is 11.9 Å². The summed E-state index contributed by atoms with van der Waals surface area (Å²) in [5.74, 6) is 1.24.